The number of para-hydroxylation sites is 1. The summed E-state index contributed by atoms with van der Waals surface area (Å²) in [5.41, 5.74) is 0.929. The number of thioether (sulfide) groups is 1. The standard InChI is InChI=1S/C18H28N2OS/c1-14(19-15-10-6-4-3-5-7-11-15)18(21)20-16-12-8-9-13-17(16)22-2/h8-9,12-15,19H,3-7,10-11H2,1-2H3,(H,20,21)/p+1/t14-/m1/s1. The Balaban J connectivity index is 1.88. The van der Waals surface area contributed by atoms with E-state index in [0.717, 1.165) is 10.6 Å². The number of benzene rings is 1. The van der Waals surface area contributed by atoms with Crippen molar-refractivity contribution in [1.29, 1.82) is 0 Å². The SMILES string of the molecule is CSc1ccccc1NC(=O)[C@@H](C)[NH2+]C1CCCCCCC1. The third-order valence-electron chi connectivity index (χ3n) is 4.49. The summed E-state index contributed by atoms with van der Waals surface area (Å²) in [6.45, 7) is 2.02. The first-order chi connectivity index (χ1) is 10.7. The number of quaternary nitrogens is 1. The summed E-state index contributed by atoms with van der Waals surface area (Å²) >= 11 is 1.66. The van der Waals surface area contributed by atoms with Crippen molar-refractivity contribution in [3.8, 4) is 0 Å². The lowest BCUT2D eigenvalue weighted by Crippen LogP contribution is -2.96. The second kappa shape index (κ2) is 9.21. The van der Waals surface area contributed by atoms with E-state index in [2.05, 4.69) is 10.6 Å². The maximum atomic E-state index is 12.5. The van der Waals surface area contributed by atoms with Gasteiger partial charge in [-0.1, -0.05) is 31.4 Å². The molecule has 0 unspecified atom stereocenters. The van der Waals surface area contributed by atoms with Crippen molar-refractivity contribution in [3.05, 3.63) is 24.3 Å². The van der Waals surface area contributed by atoms with Crippen LogP contribution in [0.3, 0.4) is 0 Å². The molecule has 0 saturated heterocycles. The average Bonchev–Trinajstić information content (AvgIpc) is 2.50. The minimum atomic E-state index is -0.0284. The summed E-state index contributed by atoms with van der Waals surface area (Å²) in [6, 6.07) is 8.58. The van der Waals surface area contributed by atoms with Gasteiger partial charge < -0.3 is 10.6 Å². The van der Waals surface area contributed by atoms with Crippen LogP contribution < -0.4 is 10.6 Å². The zero-order valence-corrected chi connectivity index (χ0v) is 14.6. The van der Waals surface area contributed by atoms with Crippen molar-refractivity contribution in [2.45, 2.75) is 68.8 Å². The third kappa shape index (κ3) is 5.33. The molecule has 22 heavy (non-hydrogen) atoms. The molecule has 1 aliphatic carbocycles. The molecule has 0 radical (unpaired) electrons. The van der Waals surface area contributed by atoms with Crippen LogP contribution in [0, 0.1) is 0 Å². The third-order valence-corrected chi connectivity index (χ3v) is 5.28. The Kier molecular flexibility index (Phi) is 7.26. The highest BCUT2D eigenvalue weighted by atomic mass is 32.2. The molecule has 1 fully saturated rings. The van der Waals surface area contributed by atoms with Gasteiger partial charge in [0, 0.05) is 4.90 Å². The Hall–Kier alpha value is -1.00. The zero-order chi connectivity index (χ0) is 15.8. The van der Waals surface area contributed by atoms with E-state index in [9.17, 15) is 4.79 Å². The van der Waals surface area contributed by atoms with Gasteiger partial charge in [0.15, 0.2) is 6.04 Å². The van der Waals surface area contributed by atoms with Crippen molar-refractivity contribution in [1.82, 2.24) is 0 Å². The van der Waals surface area contributed by atoms with Crippen LogP contribution in [0.4, 0.5) is 5.69 Å². The number of nitrogens with two attached hydrogens (primary N) is 1. The Bertz CT molecular complexity index is 470. The highest BCUT2D eigenvalue weighted by Crippen LogP contribution is 2.24. The van der Waals surface area contributed by atoms with Gasteiger partial charge in [0.2, 0.25) is 0 Å². The molecule has 1 amide bonds. The first-order valence-electron chi connectivity index (χ1n) is 8.49. The number of carbonyl (C=O) groups excluding carboxylic acids is 1. The fraction of sp³-hybridized carbons (Fsp3) is 0.611. The predicted octanol–water partition coefficient (Wildman–Crippen LogP) is 3.41. The predicted molar refractivity (Wildman–Crippen MR) is 94.3 cm³/mol. The van der Waals surface area contributed by atoms with E-state index >= 15 is 0 Å². The molecule has 3 nitrogen and oxygen atoms in total. The van der Waals surface area contributed by atoms with E-state index in [0.29, 0.717) is 6.04 Å². The van der Waals surface area contributed by atoms with E-state index < -0.39 is 0 Å². The lowest BCUT2D eigenvalue weighted by atomic mass is 9.96. The quantitative estimate of drug-likeness (QED) is 0.816. The second-order valence-electron chi connectivity index (χ2n) is 6.28. The van der Waals surface area contributed by atoms with Crippen molar-refractivity contribution in [2.75, 3.05) is 11.6 Å². The van der Waals surface area contributed by atoms with Crippen LogP contribution in [0.25, 0.3) is 0 Å². The first kappa shape index (κ1) is 17.4. The molecule has 0 heterocycles. The molecule has 1 aliphatic rings. The number of nitrogens with one attached hydrogen (secondary N) is 1. The summed E-state index contributed by atoms with van der Waals surface area (Å²) in [5, 5.41) is 5.37. The Morgan fingerprint density at radius 3 is 2.50 bits per heavy atom. The molecule has 3 N–H and O–H groups in total. The fourth-order valence-electron chi connectivity index (χ4n) is 3.17. The van der Waals surface area contributed by atoms with Crippen molar-refractivity contribution < 1.29 is 10.1 Å². The molecular formula is C18H29N2OS+. The molecule has 0 spiro atoms. The van der Waals surface area contributed by atoms with Gasteiger partial charge in [0.25, 0.3) is 5.91 Å². The van der Waals surface area contributed by atoms with Gasteiger partial charge in [-0.05, 0) is 51.0 Å². The molecule has 0 bridgehead atoms. The van der Waals surface area contributed by atoms with E-state index in [1.54, 1.807) is 11.8 Å². The van der Waals surface area contributed by atoms with Crippen LogP contribution in [-0.2, 0) is 4.79 Å². The maximum absolute atomic E-state index is 12.5. The van der Waals surface area contributed by atoms with Gasteiger partial charge in [-0.3, -0.25) is 4.79 Å². The molecule has 1 aromatic rings. The zero-order valence-electron chi connectivity index (χ0n) is 13.8. The average molecular weight is 322 g/mol. The highest BCUT2D eigenvalue weighted by Gasteiger charge is 2.22. The highest BCUT2D eigenvalue weighted by molar-refractivity contribution is 7.98. The molecule has 0 aliphatic heterocycles. The van der Waals surface area contributed by atoms with Crippen LogP contribution in [0.2, 0.25) is 0 Å². The number of carbonyl (C=O) groups is 1. The van der Waals surface area contributed by atoms with Crippen molar-refractivity contribution in [3.63, 3.8) is 0 Å². The monoisotopic (exact) mass is 321 g/mol. The number of hydrogen-bond donors (Lipinski definition) is 2. The number of rotatable bonds is 5. The normalized spacial score (nSPS) is 18.3. The van der Waals surface area contributed by atoms with Gasteiger partial charge >= 0.3 is 0 Å². The smallest absolute Gasteiger partial charge is 0.282 e. The van der Waals surface area contributed by atoms with Crippen molar-refractivity contribution >= 4 is 23.4 Å². The second-order valence-corrected chi connectivity index (χ2v) is 7.12. The maximum Gasteiger partial charge on any atom is 0.282 e. The molecule has 1 aromatic carbocycles. The van der Waals surface area contributed by atoms with Crippen molar-refractivity contribution in [2.24, 2.45) is 0 Å². The first-order valence-corrected chi connectivity index (χ1v) is 9.72. The summed E-state index contributed by atoms with van der Waals surface area (Å²) in [4.78, 5) is 13.6. The molecule has 1 atom stereocenters. The fourth-order valence-corrected chi connectivity index (χ4v) is 3.72. The van der Waals surface area contributed by atoms with E-state index in [4.69, 9.17) is 0 Å². The van der Waals surface area contributed by atoms with E-state index in [-0.39, 0.29) is 11.9 Å². The lowest BCUT2D eigenvalue weighted by molar-refractivity contribution is -0.707. The van der Waals surface area contributed by atoms with E-state index in [1.165, 1.54) is 44.9 Å². The van der Waals surface area contributed by atoms with Gasteiger partial charge in [-0.15, -0.1) is 11.8 Å². The molecular weight excluding hydrogens is 292 g/mol. The van der Waals surface area contributed by atoms with Crippen LogP contribution in [0.1, 0.15) is 51.9 Å². The van der Waals surface area contributed by atoms with Crippen LogP contribution in [0.5, 0.6) is 0 Å². The van der Waals surface area contributed by atoms with Gasteiger partial charge in [0.1, 0.15) is 0 Å². The molecule has 0 aromatic heterocycles. The summed E-state index contributed by atoms with van der Waals surface area (Å²) in [7, 11) is 0. The Morgan fingerprint density at radius 1 is 1.18 bits per heavy atom. The minimum absolute atomic E-state index is 0.0284. The topological polar surface area (TPSA) is 45.7 Å². The Labute approximate surface area is 138 Å². The number of anilines is 1. The lowest BCUT2D eigenvalue weighted by Gasteiger charge is -2.22. The number of amides is 1. The van der Waals surface area contributed by atoms with Gasteiger partial charge in [-0.2, -0.15) is 0 Å². The Morgan fingerprint density at radius 2 is 1.82 bits per heavy atom. The van der Waals surface area contributed by atoms with Crippen LogP contribution >= 0.6 is 11.8 Å². The molecule has 1 saturated carbocycles. The van der Waals surface area contributed by atoms with Gasteiger partial charge in [-0.25, -0.2) is 0 Å². The summed E-state index contributed by atoms with van der Waals surface area (Å²) < 4.78 is 0. The summed E-state index contributed by atoms with van der Waals surface area (Å²) in [6.07, 6.45) is 11.2. The van der Waals surface area contributed by atoms with Crippen LogP contribution in [0.15, 0.2) is 29.2 Å². The molecule has 2 rings (SSSR count). The number of hydrogen-bond acceptors (Lipinski definition) is 2. The van der Waals surface area contributed by atoms with Crippen LogP contribution in [-0.4, -0.2) is 24.2 Å². The van der Waals surface area contributed by atoms with Gasteiger partial charge in [0.05, 0.1) is 11.7 Å². The minimum Gasteiger partial charge on any atom is -0.334 e. The molecule has 122 valence electrons. The largest absolute Gasteiger partial charge is 0.334 e. The molecule has 4 heteroatoms. The summed E-state index contributed by atoms with van der Waals surface area (Å²) in [5.74, 6) is 0.114. The van der Waals surface area contributed by atoms with E-state index in [1.807, 2.05) is 37.4 Å².